The third-order valence-electron chi connectivity index (χ3n) is 2.21. The summed E-state index contributed by atoms with van der Waals surface area (Å²) in [7, 11) is -3.11. The first-order valence-corrected chi connectivity index (χ1v) is 6.02. The molecule has 0 radical (unpaired) electrons. The van der Waals surface area contributed by atoms with Gasteiger partial charge in [-0.3, -0.25) is 4.18 Å². The van der Waals surface area contributed by atoms with E-state index in [-0.39, 0.29) is 5.25 Å². The van der Waals surface area contributed by atoms with Gasteiger partial charge in [0.1, 0.15) is 5.25 Å². The molecule has 1 rings (SSSR count). The minimum Gasteiger partial charge on any atom is -0.268 e. The highest BCUT2D eigenvalue weighted by atomic mass is 32.2. The average molecular weight is 192 g/mol. The van der Waals surface area contributed by atoms with Gasteiger partial charge in [-0.15, -0.1) is 0 Å². The van der Waals surface area contributed by atoms with Crippen LogP contribution in [0.5, 0.6) is 0 Å². The third-order valence-corrected chi connectivity index (χ3v) is 3.86. The van der Waals surface area contributed by atoms with E-state index in [4.69, 9.17) is 0 Å². The van der Waals surface area contributed by atoms with Gasteiger partial charge < -0.3 is 0 Å². The number of unbranched alkanes of at least 4 members (excludes halogenated alkanes) is 3. The van der Waals surface area contributed by atoms with Crippen LogP contribution >= 0.6 is 0 Å². The van der Waals surface area contributed by atoms with Crippen molar-refractivity contribution < 1.29 is 12.6 Å². The molecule has 0 amide bonds. The molecule has 1 saturated heterocycles. The van der Waals surface area contributed by atoms with E-state index in [1.54, 1.807) is 0 Å². The highest BCUT2D eigenvalue weighted by molar-refractivity contribution is 7.88. The number of rotatable bonds is 5. The van der Waals surface area contributed by atoms with Gasteiger partial charge in [0.05, 0.1) is 6.61 Å². The van der Waals surface area contributed by atoms with Crippen LogP contribution in [0.4, 0.5) is 0 Å². The summed E-state index contributed by atoms with van der Waals surface area (Å²) in [6, 6.07) is 0. The molecule has 0 saturated carbocycles. The smallest absolute Gasteiger partial charge is 0.268 e. The van der Waals surface area contributed by atoms with Crippen LogP contribution in [0.25, 0.3) is 0 Å². The van der Waals surface area contributed by atoms with Crippen LogP contribution in [-0.2, 0) is 14.3 Å². The highest BCUT2D eigenvalue weighted by Crippen LogP contribution is 2.22. The minimum atomic E-state index is -3.11. The summed E-state index contributed by atoms with van der Waals surface area (Å²) in [4.78, 5) is 0. The SMILES string of the molecule is CCCCCCC1COS1(=O)=O. The van der Waals surface area contributed by atoms with Crippen LogP contribution in [0.2, 0.25) is 0 Å². The van der Waals surface area contributed by atoms with Gasteiger partial charge in [0.15, 0.2) is 0 Å². The topological polar surface area (TPSA) is 43.4 Å². The summed E-state index contributed by atoms with van der Waals surface area (Å²) in [6.45, 7) is 2.55. The minimum absolute atomic E-state index is 0.200. The Morgan fingerprint density at radius 1 is 1.33 bits per heavy atom. The van der Waals surface area contributed by atoms with Crippen LogP contribution < -0.4 is 0 Å². The molecule has 0 aromatic heterocycles. The van der Waals surface area contributed by atoms with E-state index in [1.807, 2.05) is 0 Å². The Balaban J connectivity index is 2.09. The highest BCUT2D eigenvalue weighted by Gasteiger charge is 2.36. The van der Waals surface area contributed by atoms with Gasteiger partial charge in [-0.05, 0) is 6.42 Å². The fourth-order valence-corrected chi connectivity index (χ4v) is 2.31. The lowest BCUT2D eigenvalue weighted by molar-refractivity contribution is 0.237. The van der Waals surface area contributed by atoms with Crippen molar-refractivity contribution in [2.24, 2.45) is 0 Å². The first-order chi connectivity index (χ1) is 5.67. The van der Waals surface area contributed by atoms with Gasteiger partial charge in [0, 0.05) is 0 Å². The van der Waals surface area contributed by atoms with Crippen LogP contribution in [-0.4, -0.2) is 20.3 Å². The molecule has 12 heavy (non-hydrogen) atoms. The maximum absolute atomic E-state index is 10.9. The van der Waals surface area contributed by atoms with Crippen molar-refractivity contribution in [3.05, 3.63) is 0 Å². The Morgan fingerprint density at radius 2 is 2.08 bits per heavy atom. The molecule has 1 aliphatic rings. The second kappa shape index (κ2) is 4.23. The zero-order valence-electron chi connectivity index (χ0n) is 7.45. The molecule has 0 aromatic rings. The van der Waals surface area contributed by atoms with Gasteiger partial charge >= 0.3 is 0 Å². The standard InChI is InChI=1S/C8H16O3S/c1-2-3-4-5-6-8-7-11-12(8,9)10/h8H,2-7H2,1H3. The average Bonchev–Trinajstić information content (AvgIpc) is 2.02. The van der Waals surface area contributed by atoms with Gasteiger partial charge in [-0.1, -0.05) is 32.6 Å². The lowest BCUT2D eigenvalue weighted by atomic mass is 10.1. The summed E-state index contributed by atoms with van der Waals surface area (Å²) >= 11 is 0. The largest absolute Gasteiger partial charge is 0.272 e. The van der Waals surface area contributed by atoms with E-state index in [9.17, 15) is 8.42 Å². The van der Waals surface area contributed by atoms with Gasteiger partial charge in [0.25, 0.3) is 10.1 Å². The molecule has 72 valence electrons. The molecule has 0 bridgehead atoms. The number of hydrogen-bond donors (Lipinski definition) is 0. The van der Waals surface area contributed by atoms with Gasteiger partial charge in [-0.2, -0.15) is 8.42 Å². The van der Waals surface area contributed by atoms with Crippen molar-refractivity contribution in [1.82, 2.24) is 0 Å². The van der Waals surface area contributed by atoms with E-state index in [1.165, 1.54) is 12.8 Å². The van der Waals surface area contributed by atoms with Crippen LogP contribution in [0.3, 0.4) is 0 Å². The zero-order valence-corrected chi connectivity index (χ0v) is 8.27. The van der Waals surface area contributed by atoms with E-state index in [0.29, 0.717) is 6.61 Å². The van der Waals surface area contributed by atoms with Crippen molar-refractivity contribution >= 4 is 10.1 Å². The fraction of sp³-hybridized carbons (Fsp3) is 1.00. The van der Waals surface area contributed by atoms with Crippen LogP contribution in [0.1, 0.15) is 39.0 Å². The van der Waals surface area contributed by atoms with Crippen LogP contribution in [0.15, 0.2) is 0 Å². The lowest BCUT2D eigenvalue weighted by Gasteiger charge is -2.25. The summed E-state index contributed by atoms with van der Waals surface area (Å²) < 4.78 is 26.2. The van der Waals surface area contributed by atoms with Gasteiger partial charge in [0.2, 0.25) is 0 Å². The Kier molecular flexibility index (Phi) is 3.53. The van der Waals surface area contributed by atoms with Crippen LogP contribution in [0, 0.1) is 0 Å². The summed E-state index contributed by atoms with van der Waals surface area (Å²) in [5.74, 6) is 0. The first-order valence-electron chi connectivity index (χ1n) is 4.55. The zero-order chi connectivity index (χ0) is 9.03. The van der Waals surface area contributed by atoms with Crippen molar-refractivity contribution in [2.45, 2.75) is 44.3 Å². The van der Waals surface area contributed by atoms with Crippen molar-refractivity contribution in [3.63, 3.8) is 0 Å². The second-order valence-corrected chi connectivity index (χ2v) is 5.14. The first kappa shape index (κ1) is 9.99. The summed E-state index contributed by atoms with van der Waals surface area (Å²) in [5.41, 5.74) is 0. The van der Waals surface area contributed by atoms with Gasteiger partial charge in [-0.25, -0.2) is 0 Å². The van der Waals surface area contributed by atoms with Crippen molar-refractivity contribution in [1.29, 1.82) is 0 Å². The molecule has 0 N–H and O–H groups in total. The monoisotopic (exact) mass is 192 g/mol. The van der Waals surface area contributed by atoms with Crippen molar-refractivity contribution in [2.75, 3.05) is 6.61 Å². The maximum atomic E-state index is 10.9. The van der Waals surface area contributed by atoms with Crippen molar-refractivity contribution in [3.8, 4) is 0 Å². The summed E-state index contributed by atoms with van der Waals surface area (Å²) in [6.07, 6.45) is 5.33. The molecule has 0 aromatic carbocycles. The Morgan fingerprint density at radius 3 is 2.50 bits per heavy atom. The molecule has 0 aliphatic carbocycles. The molecular formula is C8H16O3S. The molecule has 1 fully saturated rings. The molecule has 1 heterocycles. The molecule has 1 atom stereocenters. The predicted molar refractivity (Wildman–Crippen MR) is 47.4 cm³/mol. The molecular weight excluding hydrogens is 176 g/mol. The molecule has 4 heteroatoms. The maximum Gasteiger partial charge on any atom is 0.272 e. The molecule has 0 spiro atoms. The summed E-state index contributed by atoms with van der Waals surface area (Å²) in [5, 5.41) is -0.200. The lowest BCUT2D eigenvalue weighted by Crippen LogP contribution is -2.39. The van der Waals surface area contributed by atoms with E-state index < -0.39 is 10.1 Å². The molecule has 1 unspecified atom stereocenters. The van der Waals surface area contributed by atoms with E-state index in [0.717, 1.165) is 19.3 Å². The normalized spacial score (nSPS) is 26.6. The third kappa shape index (κ3) is 2.45. The Labute approximate surface area is 74.2 Å². The molecule has 3 nitrogen and oxygen atoms in total. The molecule has 1 aliphatic heterocycles. The Bertz CT molecular complexity index is 220. The van der Waals surface area contributed by atoms with E-state index in [2.05, 4.69) is 11.1 Å². The second-order valence-electron chi connectivity index (χ2n) is 3.25. The predicted octanol–water partition coefficient (Wildman–Crippen LogP) is 1.69. The quantitative estimate of drug-likeness (QED) is 0.491. The van der Waals surface area contributed by atoms with E-state index >= 15 is 0 Å². The number of hydrogen-bond acceptors (Lipinski definition) is 3. The Hall–Kier alpha value is -0.0900. The fourth-order valence-electron chi connectivity index (χ4n) is 1.30.